The third-order valence-electron chi connectivity index (χ3n) is 1.57. The summed E-state index contributed by atoms with van der Waals surface area (Å²) in [7, 11) is 0. The summed E-state index contributed by atoms with van der Waals surface area (Å²) in [5, 5.41) is 17.9. The summed E-state index contributed by atoms with van der Waals surface area (Å²) >= 11 is 5.64. The predicted octanol–water partition coefficient (Wildman–Crippen LogP) is 2.12. The minimum absolute atomic E-state index is 0.0905. The molecule has 0 radical (unpaired) electrons. The standard InChI is InChI=1S/C9H6ClNO2/c1-5(12)7-2-6(13)3-9(10)8(7)4-11/h2-3,13H,1H3. The molecule has 0 aliphatic heterocycles. The highest BCUT2D eigenvalue weighted by atomic mass is 35.5. The van der Waals surface area contributed by atoms with Crippen LogP contribution in [-0.4, -0.2) is 10.9 Å². The number of benzene rings is 1. The number of hydrogen-bond acceptors (Lipinski definition) is 3. The van der Waals surface area contributed by atoms with Gasteiger partial charge in [-0.25, -0.2) is 0 Å². The molecule has 0 aliphatic rings. The Morgan fingerprint density at radius 3 is 2.69 bits per heavy atom. The molecule has 0 spiro atoms. The molecule has 0 saturated carbocycles. The molecule has 0 fully saturated rings. The molecule has 3 nitrogen and oxygen atoms in total. The maximum Gasteiger partial charge on any atom is 0.161 e. The van der Waals surface area contributed by atoms with E-state index in [1.807, 2.05) is 6.07 Å². The summed E-state index contributed by atoms with van der Waals surface area (Å²) in [4.78, 5) is 11.0. The number of phenols is 1. The Morgan fingerprint density at radius 2 is 2.23 bits per heavy atom. The number of ketones is 1. The average Bonchev–Trinajstić information content (AvgIpc) is 2.02. The molecule has 0 heterocycles. The van der Waals surface area contributed by atoms with Gasteiger partial charge in [0.25, 0.3) is 0 Å². The first-order valence-electron chi connectivity index (χ1n) is 3.50. The van der Waals surface area contributed by atoms with Gasteiger partial charge < -0.3 is 5.11 Å². The normalized spacial score (nSPS) is 9.31. The lowest BCUT2D eigenvalue weighted by Gasteiger charge is -2.02. The van der Waals surface area contributed by atoms with Gasteiger partial charge >= 0.3 is 0 Å². The van der Waals surface area contributed by atoms with Crippen molar-refractivity contribution >= 4 is 17.4 Å². The van der Waals surface area contributed by atoms with E-state index in [9.17, 15) is 4.79 Å². The van der Waals surface area contributed by atoms with Crippen LogP contribution in [0, 0.1) is 11.3 Å². The highest BCUT2D eigenvalue weighted by Gasteiger charge is 2.12. The number of hydrogen-bond donors (Lipinski definition) is 1. The average molecular weight is 196 g/mol. The van der Waals surface area contributed by atoms with Crippen molar-refractivity contribution in [3.63, 3.8) is 0 Å². The zero-order valence-electron chi connectivity index (χ0n) is 6.84. The maximum atomic E-state index is 11.0. The van der Waals surface area contributed by atoms with Gasteiger partial charge in [-0.2, -0.15) is 5.26 Å². The van der Waals surface area contributed by atoms with Crippen molar-refractivity contribution in [3.8, 4) is 11.8 Å². The number of phenolic OH excluding ortho intramolecular Hbond substituents is 1. The lowest BCUT2D eigenvalue weighted by Crippen LogP contribution is -1.97. The molecule has 0 bridgehead atoms. The lowest BCUT2D eigenvalue weighted by molar-refractivity contribution is 0.101. The van der Waals surface area contributed by atoms with Crippen LogP contribution in [0.4, 0.5) is 0 Å². The summed E-state index contributed by atoms with van der Waals surface area (Å²) in [6.07, 6.45) is 0. The van der Waals surface area contributed by atoms with Crippen molar-refractivity contribution in [1.29, 1.82) is 5.26 Å². The van der Waals surface area contributed by atoms with Crippen LogP contribution < -0.4 is 0 Å². The largest absolute Gasteiger partial charge is 0.508 e. The quantitative estimate of drug-likeness (QED) is 0.699. The second kappa shape index (κ2) is 3.46. The Morgan fingerprint density at radius 1 is 1.62 bits per heavy atom. The van der Waals surface area contributed by atoms with Gasteiger partial charge in [-0.15, -0.1) is 0 Å². The Bertz CT molecular complexity index is 407. The molecule has 0 saturated heterocycles. The molecule has 4 heteroatoms. The van der Waals surface area contributed by atoms with E-state index in [0.717, 1.165) is 0 Å². The fraction of sp³-hybridized carbons (Fsp3) is 0.111. The van der Waals surface area contributed by atoms with Crippen LogP contribution in [0.3, 0.4) is 0 Å². The SMILES string of the molecule is CC(=O)c1cc(O)cc(Cl)c1C#N. The lowest BCUT2D eigenvalue weighted by atomic mass is 10.1. The Kier molecular flexibility index (Phi) is 2.54. The first kappa shape index (κ1) is 9.56. The second-order valence-electron chi connectivity index (χ2n) is 2.52. The number of Topliss-reactive ketones (excluding diaryl/α,β-unsaturated/α-hetero) is 1. The van der Waals surface area contributed by atoms with Gasteiger partial charge in [-0.3, -0.25) is 4.79 Å². The number of halogens is 1. The van der Waals surface area contributed by atoms with Crippen LogP contribution in [0.25, 0.3) is 0 Å². The maximum absolute atomic E-state index is 11.0. The number of aromatic hydroxyl groups is 1. The smallest absolute Gasteiger partial charge is 0.161 e. The molecule has 1 aromatic rings. The van der Waals surface area contributed by atoms with Crippen LogP contribution in [-0.2, 0) is 0 Å². The highest BCUT2D eigenvalue weighted by Crippen LogP contribution is 2.25. The van der Waals surface area contributed by atoms with Crippen molar-refractivity contribution in [2.24, 2.45) is 0 Å². The molecule has 0 aromatic heterocycles. The molecule has 66 valence electrons. The van der Waals surface area contributed by atoms with E-state index in [2.05, 4.69) is 0 Å². The molecule has 13 heavy (non-hydrogen) atoms. The fourth-order valence-corrected chi connectivity index (χ4v) is 1.24. The zero-order valence-corrected chi connectivity index (χ0v) is 7.59. The third kappa shape index (κ3) is 1.79. The number of carbonyl (C=O) groups excluding carboxylic acids is 1. The molecule has 1 rings (SSSR count). The van der Waals surface area contributed by atoms with E-state index in [4.69, 9.17) is 22.0 Å². The van der Waals surface area contributed by atoms with Crippen molar-refractivity contribution in [3.05, 3.63) is 28.3 Å². The Labute approximate surface area is 80.2 Å². The molecule has 0 amide bonds. The highest BCUT2D eigenvalue weighted by molar-refractivity contribution is 6.32. The minimum Gasteiger partial charge on any atom is -0.508 e. The topological polar surface area (TPSA) is 61.1 Å². The van der Waals surface area contributed by atoms with Crippen LogP contribution in [0.5, 0.6) is 5.75 Å². The van der Waals surface area contributed by atoms with E-state index in [1.54, 1.807) is 0 Å². The van der Waals surface area contributed by atoms with Crippen molar-refractivity contribution in [2.75, 3.05) is 0 Å². The van der Waals surface area contributed by atoms with Gasteiger partial charge in [0.15, 0.2) is 5.78 Å². The van der Waals surface area contributed by atoms with Crippen molar-refractivity contribution in [1.82, 2.24) is 0 Å². The van der Waals surface area contributed by atoms with Gasteiger partial charge in [0.05, 0.1) is 10.6 Å². The number of nitrogens with zero attached hydrogens (tertiary/aromatic N) is 1. The van der Waals surface area contributed by atoms with Gasteiger partial charge in [0.1, 0.15) is 11.8 Å². The second-order valence-corrected chi connectivity index (χ2v) is 2.93. The van der Waals surface area contributed by atoms with Crippen molar-refractivity contribution in [2.45, 2.75) is 6.92 Å². The molecular weight excluding hydrogens is 190 g/mol. The fourth-order valence-electron chi connectivity index (χ4n) is 0.984. The van der Waals surface area contributed by atoms with Gasteiger partial charge in [0, 0.05) is 5.56 Å². The van der Waals surface area contributed by atoms with E-state index in [0.29, 0.717) is 0 Å². The monoisotopic (exact) mass is 195 g/mol. The summed E-state index contributed by atoms with van der Waals surface area (Å²) in [5.74, 6) is -0.413. The first-order valence-corrected chi connectivity index (χ1v) is 3.87. The number of rotatable bonds is 1. The molecular formula is C9H6ClNO2. The van der Waals surface area contributed by atoms with Crippen LogP contribution in [0.15, 0.2) is 12.1 Å². The Balaban J connectivity index is 3.50. The molecule has 1 N–H and O–H groups in total. The Hall–Kier alpha value is -1.53. The zero-order chi connectivity index (χ0) is 10.0. The molecule has 1 aromatic carbocycles. The van der Waals surface area contributed by atoms with Gasteiger partial charge in [0.2, 0.25) is 0 Å². The molecule has 0 unspecified atom stereocenters. The summed E-state index contributed by atoms with van der Waals surface area (Å²) in [6.45, 7) is 1.31. The number of carbonyl (C=O) groups is 1. The van der Waals surface area contributed by atoms with Gasteiger partial charge in [-0.05, 0) is 19.1 Å². The van der Waals surface area contributed by atoms with Crippen LogP contribution in [0.2, 0.25) is 5.02 Å². The third-order valence-corrected chi connectivity index (χ3v) is 1.86. The minimum atomic E-state index is -0.297. The van der Waals surface area contributed by atoms with Crippen molar-refractivity contribution < 1.29 is 9.90 Å². The van der Waals surface area contributed by atoms with Crippen LogP contribution in [0.1, 0.15) is 22.8 Å². The van der Waals surface area contributed by atoms with Gasteiger partial charge in [-0.1, -0.05) is 11.6 Å². The predicted molar refractivity (Wildman–Crippen MR) is 47.8 cm³/mol. The summed E-state index contributed by atoms with van der Waals surface area (Å²) in [5.41, 5.74) is 0.250. The van der Waals surface area contributed by atoms with E-state index >= 15 is 0 Å². The summed E-state index contributed by atoms with van der Waals surface area (Å²) in [6, 6.07) is 4.27. The van der Waals surface area contributed by atoms with Crippen LogP contribution >= 0.6 is 11.6 Å². The van der Waals surface area contributed by atoms with E-state index < -0.39 is 0 Å². The van der Waals surface area contributed by atoms with E-state index in [-0.39, 0.29) is 27.7 Å². The van der Waals surface area contributed by atoms with E-state index in [1.165, 1.54) is 19.1 Å². The first-order chi connectivity index (χ1) is 6.06. The molecule has 0 aliphatic carbocycles. The molecule has 0 atom stereocenters. The summed E-state index contributed by atoms with van der Waals surface area (Å²) < 4.78 is 0. The number of nitriles is 1.